The van der Waals surface area contributed by atoms with E-state index in [1.165, 1.54) is 35.9 Å². The Kier molecular flexibility index (Phi) is 6.24. The van der Waals surface area contributed by atoms with Crippen molar-refractivity contribution < 1.29 is 0 Å². The summed E-state index contributed by atoms with van der Waals surface area (Å²) in [5, 5.41) is 12.5. The summed E-state index contributed by atoms with van der Waals surface area (Å²) in [4.78, 5) is 15.6. The number of benzene rings is 2. The topological polar surface area (TPSA) is 85.5 Å². The first-order valence-corrected chi connectivity index (χ1v) is 13.9. The molecule has 0 spiro atoms. The highest BCUT2D eigenvalue weighted by Gasteiger charge is 2.18. The number of hydrogen-bond acceptors (Lipinski definition) is 5. The average molecular weight is 526 g/mol. The van der Waals surface area contributed by atoms with Crippen molar-refractivity contribution in [2.24, 2.45) is 0 Å². The molecule has 5 heterocycles. The summed E-state index contributed by atoms with van der Waals surface area (Å²) in [6.45, 7) is 6.42. The molecule has 4 aromatic heterocycles. The van der Waals surface area contributed by atoms with E-state index in [1.54, 1.807) is 0 Å². The van der Waals surface area contributed by atoms with E-state index in [0.717, 1.165) is 70.1 Å². The Morgan fingerprint density at radius 3 is 2.65 bits per heavy atom. The van der Waals surface area contributed by atoms with Gasteiger partial charge in [-0.1, -0.05) is 43.0 Å². The SMILES string of the molecule is C=C(Cc1ccccc1)Nc1cncc(-c2ccc3[nH]nc(-c4cc5c(N6CCCCC6)cccc5[nH]4)c3n2)c1. The van der Waals surface area contributed by atoms with Crippen molar-refractivity contribution in [3.63, 3.8) is 0 Å². The first kappa shape index (κ1) is 24.2. The van der Waals surface area contributed by atoms with Gasteiger partial charge in [0, 0.05) is 53.6 Å². The molecule has 0 radical (unpaired) electrons. The molecule has 7 nitrogen and oxygen atoms in total. The van der Waals surface area contributed by atoms with Crippen LogP contribution >= 0.6 is 0 Å². The molecule has 1 aliphatic heterocycles. The van der Waals surface area contributed by atoms with E-state index in [2.05, 4.69) is 79.4 Å². The molecule has 40 heavy (non-hydrogen) atoms. The molecule has 1 fully saturated rings. The third kappa shape index (κ3) is 4.71. The maximum Gasteiger partial charge on any atom is 0.135 e. The lowest BCUT2D eigenvalue weighted by molar-refractivity contribution is 0.579. The van der Waals surface area contributed by atoms with Gasteiger partial charge < -0.3 is 15.2 Å². The molecule has 0 atom stereocenters. The standard InChI is InChI=1S/C33H31N7/c1-22(17-23-9-4-2-5-10-23)35-25-18-24(20-34-21-25)27-13-14-29-32(37-27)33(39-38-29)30-19-26-28(36-30)11-8-12-31(26)40-15-6-3-7-16-40/h2,4-5,8-14,18-21,35-36H,1,3,6-7,15-17H2,(H,38,39). The lowest BCUT2D eigenvalue weighted by Crippen LogP contribution is -2.29. The number of rotatable bonds is 7. The molecule has 0 amide bonds. The van der Waals surface area contributed by atoms with Crippen LogP contribution in [0.3, 0.4) is 0 Å². The zero-order valence-corrected chi connectivity index (χ0v) is 22.3. The fourth-order valence-corrected chi connectivity index (χ4v) is 5.66. The molecule has 1 aliphatic rings. The van der Waals surface area contributed by atoms with Crippen LogP contribution in [-0.2, 0) is 6.42 Å². The maximum atomic E-state index is 5.04. The van der Waals surface area contributed by atoms with Crippen molar-refractivity contribution in [1.82, 2.24) is 25.1 Å². The molecular formula is C33H31N7. The van der Waals surface area contributed by atoms with E-state index in [0.29, 0.717) is 0 Å². The number of pyridine rings is 2. The summed E-state index contributed by atoms with van der Waals surface area (Å²) in [6, 6.07) is 25.1. The minimum atomic E-state index is 0.748. The summed E-state index contributed by atoms with van der Waals surface area (Å²) < 4.78 is 0. The van der Waals surface area contributed by atoms with Crippen LogP contribution in [0.2, 0.25) is 0 Å². The number of hydrogen-bond donors (Lipinski definition) is 3. The predicted molar refractivity (Wildman–Crippen MR) is 163 cm³/mol. The van der Waals surface area contributed by atoms with Crippen molar-refractivity contribution >= 4 is 33.3 Å². The van der Waals surface area contributed by atoms with Gasteiger partial charge >= 0.3 is 0 Å². The summed E-state index contributed by atoms with van der Waals surface area (Å²) in [5.74, 6) is 0. The number of anilines is 2. The first-order valence-electron chi connectivity index (χ1n) is 13.9. The van der Waals surface area contributed by atoms with Gasteiger partial charge in [-0.2, -0.15) is 5.10 Å². The van der Waals surface area contributed by atoms with Crippen molar-refractivity contribution in [1.29, 1.82) is 0 Å². The van der Waals surface area contributed by atoms with Crippen LogP contribution in [-0.4, -0.2) is 38.2 Å². The summed E-state index contributed by atoms with van der Waals surface area (Å²) in [5.41, 5.74) is 10.7. The Morgan fingerprint density at radius 1 is 0.900 bits per heavy atom. The molecule has 0 bridgehead atoms. The smallest absolute Gasteiger partial charge is 0.135 e. The van der Waals surface area contributed by atoms with Crippen LogP contribution in [0.25, 0.3) is 44.6 Å². The van der Waals surface area contributed by atoms with Gasteiger partial charge in [-0.15, -0.1) is 0 Å². The van der Waals surface area contributed by atoms with E-state index in [1.807, 2.05) is 42.7 Å². The van der Waals surface area contributed by atoms with Crippen LogP contribution in [0, 0.1) is 0 Å². The Labute approximate surface area is 233 Å². The Morgan fingerprint density at radius 2 is 1.77 bits per heavy atom. The number of nitrogens with one attached hydrogen (secondary N) is 3. The fraction of sp³-hybridized carbons (Fsp3) is 0.182. The first-order chi connectivity index (χ1) is 19.7. The second-order valence-corrected chi connectivity index (χ2v) is 10.5. The van der Waals surface area contributed by atoms with E-state index in [-0.39, 0.29) is 0 Å². The van der Waals surface area contributed by atoms with Gasteiger partial charge in [0.05, 0.1) is 28.8 Å². The number of aromatic amines is 2. The summed E-state index contributed by atoms with van der Waals surface area (Å²) >= 11 is 0. The van der Waals surface area contributed by atoms with Crippen molar-refractivity contribution in [3.8, 4) is 22.6 Å². The summed E-state index contributed by atoms with van der Waals surface area (Å²) in [7, 11) is 0. The number of nitrogens with zero attached hydrogens (tertiary/aromatic N) is 4. The van der Waals surface area contributed by atoms with Gasteiger partial charge in [0.2, 0.25) is 0 Å². The minimum absolute atomic E-state index is 0.748. The number of piperidine rings is 1. The Bertz CT molecular complexity index is 1810. The van der Waals surface area contributed by atoms with Gasteiger partial charge in [0.15, 0.2) is 0 Å². The average Bonchev–Trinajstić information content (AvgIpc) is 3.62. The summed E-state index contributed by atoms with van der Waals surface area (Å²) in [6.07, 6.45) is 8.21. The zero-order valence-electron chi connectivity index (χ0n) is 22.3. The van der Waals surface area contributed by atoms with Crippen LogP contribution in [0.15, 0.2) is 97.5 Å². The maximum absolute atomic E-state index is 5.04. The van der Waals surface area contributed by atoms with Crippen LogP contribution < -0.4 is 10.2 Å². The van der Waals surface area contributed by atoms with Gasteiger partial charge in [0.1, 0.15) is 11.2 Å². The lowest BCUT2D eigenvalue weighted by atomic mass is 10.1. The van der Waals surface area contributed by atoms with Gasteiger partial charge in [-0.05, 0) is 61.2 Å². The zero-order chi connectivity index (χ0) is 26.9. The fourth-order valence-electron chi connectivity index (χ4n) is 5.66. The number of H-pyrrole nitrogens is 2. The third-order valence-electron chi connectivity index (χ3n) is 7.62. The molecule has 198 valence electrons. The van der Waals surface area contributed by atoms with Crippen molar-refractivity contribution in [3.05, 3.63) is 103 Å². The molecule has 0 aliphatic carbocycles. The normalized spacial score (nSPS) is 13.7. The second kappa shape index (κ2) is 10.3. The van der Waals surface area contributed by atoms with Gasteiger partial charge in [-0.25, -0.2) is 4.98 Å². The van der Waals surface area contributed by atoms with Gasteiger partial charge in [0.25, 0.3) is 0 Å². The van der Waals surface area contributed by atoms with Crippen molar-refractivity contribution in [2.45, 2.75) is 25.7 Å². The Hall–Kier alpha value is -4.91. The molecule has 0 saturated carbocycles. The molecule has 7 heteroatoms. The van der Waals surface area contributed by atoms with Crippen LogP contribution in [0.1, 0.15) is 24.8 Å². The molecule has 0 unspecified atom stereocenters. The quantitative estimate of drug-likeness (QED) is 0.203. The highest BCUT2D eigenvalue weighted by atomic mass is 15.1. The van der Waals surface area contributed by atoms with Crippen LogP contribution in [0.5, 0.6) is 0 Å². The van der Waals surface area contributed by atoms with Gasteiger partial charge in [-0.3, -0.25) is 10.1 Å². The van der Waals surface area contributed by atoms with E-state index in [9.17, 15) is 0 Å². The van der Waals surface area contributed by atoms with E-state index in [4.69, 9.17) is 4.98 Å². The lowest BCUT2D eigenvalue weighted by Gasteiger charge is -2.29. The van der Waals surface area contributed by atoms with E-state index < -0.39 is 0 Å². The molecule has 6 aromatic rings. The Balaban J connectivity index is 1.19. The number of aromatic nitrogens is 5. The monoisotopic (exact) mass is 525 g/mol. The molecular weight excluding hydrogens is 494 g/mol. The third-order valence-corrected chi connectivity index (χ3v) is 7.62. The predicted octanol–water partition coefficient (Wildman–Crippen LogP) is 7.33. The van der Waals surface area contributed by atoms with E-state index >= 15 is 0 Å². The highest BCUT2D eigenvalue weighted by Crippen LogP contribution is 2.34. The molecule has 1 saturated heterocycles. The number of allylic oxidation sites excluding steroid dienone is 1. The molecule has 3 N–H and O–H groups in total. The van der Waals surface area contributed by atoms with Crippen molar-refractivity contribution in [2.75, 3.05) is 23.3 Å². The number of fused-ring (bicyclic) bond motifs is 2. The molecule has 7 rings (SSSR count). The highest BCUT2D eigenvalue weighted by molar-refractivity contribution is 5.99. The second-order valence-electron chi connectivity index (χ2n) is 10.5. The minimum Gasteiger partial charge on any atom is -0.371 e. The van der Waals surface area contributed by atoms with Crippen LogP contribution in [0.4, 0.5) is 11.4 Å². The molecule has 2 aromatic carbocycles. The largest absolute Gasteiger partial charge is 0.371 e.